The van der Waals surface area contributed by atoms with Crippen molar-refractivity contribution in [2.45, 2.75) is 64.2 Å². The molecule has 7 fully saturated rings. The van der Waals surface area contributed by atoms with E-state index in [-0.39, 0.29) is 59.1 Å². The number of hydrogen-bond acceptors (Lipinski definition) is 4. The molecule has 2 heterocycles. The van der Waals surface area contributed by atoms with Gasteiger partial charge in [0.25, 0.3) is 0 Å². The maximum atomic E-state index is 13.2. The summed E-state index contributed by atoms with van der Waals surface area (Å²) in [6.07, 6.45) is 10.7. The maximum absolute atomic E-state index is 13.2. The van der Waals surface area contributed by atoms with E-state index < -0.39 is 0 Å². The van der Waals surface area contributed by atoms with Crippen molar-refractivity contribution in [3.8, 4) is 0 Å². The lowest BCUT2D eigenvalue weighted by Gasteiger charge is -2.36. The predicted octanol–water partition coefficient (Wildman–Crippen LogP) is 2.86. The maximum Gasteiger partial charge on any atom is 0.233 e. The van der Waals surface area contributed by atoms with E-state index in [1.165, 1.54) is 0 Å². The van der Waals surface area contributed by atoms with Gasteiger partial charge in [0.15, 0.2) is 0 Å². The fourth-order valence-electron chi connectivity index (χ4n) is 9.54. The molecule has 4 amide bonds. The quantitative estimate of drug-likeness (QED) is 0.633. The number of nitrogens with zero attached hydrogens (tertiary/aromatic N) is 2. The summed E-state index contributed by atoms with van der Waals surface area (Å²) >= 11 is 0. The first-order valence-corrected chi connectivity index (χ1v) is 13.2. The fraction of sp³-hybridized carbons (Fsp3) is 0.846. The lowest BCUT2D eigenvalue weighted by Crippen LogP contribution is -2.44. The monoisotopic (exact) mass is 438 g/mol. The summed E-state index contributed by atoms with van der Waals surface area (Å²) in [6, 6.07) is 0. The molecule has 0 aromatic carbocycles. The first kappa shape index (κ1) is 19.7. The van der Waals surface area contributed by atoms with Gasteiger partial charge in [0.05, 0.1) is 23.7 Å². The number of carbonyl (C=O) groups is 4. The van der Waals surface area contributed by atoms with E-state index in [0.717, 1.165) is 64.2 Å². The number of fused-ring (bicyclic) bond motifs is 10. The second kappa shape index (κ2) is 6.89. The van der Waals surface area contributed by atoms with E-state index in [1.54, 1.807) is 9.80 Å². The molecule has 0 spiro atoms. The Kier molecular flexibility index (Phi) is 4.25. The van der Waals surface area contributed by atoms with Crippen molar-refractivity contribution < 1.29 is 19.2 Å². The molecule has 172 valence electrons. The van der Waals surface area contributed by atoms with Gasteiger partial charge in [0, 0.05) is 13.1 Å². The number of imide groups is 2. The van der Waals surface area contributed by atoms with Gasteiger partial charge in [0.1, 0.15) is 0 Å². The second-order valence-electron chi connectivity index (χ2n) is 12.1. The number of hydrogen-bond donors (Lipinski definition) is 0. The average Bonchev–Trinajstić information content (AvgIpc) is 3.62. The molecule has 0 unspecified atom stereocenters. The van der Waals surface area contributed by atoms with Crippen LogP contribution in [0.5, 0.6) is 0 Å². The van der Waals surface area contributed by atoms with E-state index >= 15 is 0 Å². The molecule has 5 saturated carbocycles. The SMILES string of the molecule is O=C1[C@@H]2[C@H]3CC[C@H](C3)[C@@H]2C(=O)N1C[C@@H]1CCCC[C@H]1CN1C(=O)[C@@H]2[C@H]3CC[C@H](C3)[C@@H]2C1=O. The van der Waals surface area contributed by atoms with Gasteiger partial charge in [-0.25, -0.2) is 0 Å². The second-order valence-corrected chi connectivity index (χ2v) is 12.1. The summed E-state index contributed by atoms with van der Waals surface area (Å²) in [5, 5.41) is 0. The van der Waals surface area contributed by atoms with Gasteiger partial charge in [-0.3, -0.25) is 29.0 Å². The summed E-state index contributed by atoms with van der Waals surface area (Å²) in [6.45, 7) is 1.01. The molecule has 7 aliphatic rings. The molecule has 7 rings (SSSR count). The first-order valence-electron chi connectivity index (χ1n) is 13.2. The van der Waals surface area contributed by atoms with Crippen LogP contribution in [0.1, 0.15) is 64.2 Å². The van der Waals surface area contributed by atoms with Crippen molar-refractivity contribution in [1.82, 2.24) is 9.80 Å². The highest BCUT2D eigenvalue weighted by atomic mass is 16.2. The molecule has 0 radical (unpaired) electrons. The Morgan fingerprint density at radius 3 is 1.12 bits per heavy atom. The van der Waals surface area contributed by atoms with Gasteiger partial charge in [-0.05, 0) is 86.9 Å². The topological polar surface area (TPSA) is 74.8 Å². The van der Waals surface area contributed by atoms with Gasteiger partial charge in [0.2, 0.25) is 23.6 Å². The van der Waals surface area contributed by atoms with E-state index in [1.807, 2.05) is 0 Å². The van der Waals surface area contributed by atoms with Crippen LogP contribution < -0.4 is 0 Å². The van der Waals surface area contributed by atoms with Crippen LogP contribution in [0.3, 0.4) is 0 Å². The Labute approximate surface area is 189 Å². The van der Waals surface area contributed by atoms with Gasteiger partial charge in [-0.1, -0.05) is 12.8 Å². The Morgan fingerprint density at radius 2 is 0.812 bits per heavy atom. The highest BCUT2D eigenvalue weighted by Crippen LogP contribution is 2.57. The van der Waals surface area contributed by atoms with Crippen LogP contribution in [0.25, 0.3) is 0 Å². The van der Waals surface area contributed by atoms with Crippen molar-refractivity contribution in [3.63, 3.8) is 0 Å². The molecule has 0 aromatic heterocycles. The van der Waals surface area contributed by atoms with Gasteiger partial charge in [-0.2, -0.15) is 0 Å². The summed E-state index contributed by atoms with van der Waals surface area (Å²) in [5.74, 6) is 2.20. The minimum absolute atomic E-state index is 0.0557. The fourth-order valence-corrected chi connectivity index (χ4v) is 9.54. The zero-order valence-corrected chi connectivity index (χ0v) is 18.8. The Hall–Kier alpha value is -1.72. The Balaban J connectivity index is 1.08. The first-order chi connectivity index (χ1) is 15.5. The zero-order chi connectivity index (χ0) is 21.7. The average molecular weight is 439 g/mol. The molecule has 10 atom stereocenters. The predicted molar refractivity (Wildman–Crippen MR) is 115 cm³/mol. The molecule has 0 aromatic rings. The lowest BCUT2D eigenvalue weighted by atomic mass is 9.78. The zero-order valence-electron chi connectivity index (χ0n) is 18.8. The standard InChI is InChI=1S/C26H34N2O4/c29-23-19-13-5-6-14(9-13)20(19)24(30)27(23)11-17-3-1-2-4-18(17)12-28-25(31)21-15-7-8-16(10-15)22(21)26(28)32/h13-22H,1-12H2/t13-,14+,15-,16+,17-,18-,19+,20-,21+,22-/m0/s1. The third kappa shape index (κ3) is 2.53. The molecule has 6 heteroatoms. The van der Waals surface area contributed by atoms with Crippen molar-refractivity contribution in [1.29, 1.82) is 0 Å². The van der Waals surface area contributed by atoms with E-state index in [0.29, 0.717) is 36.8 Å². The molecule has 5 aliphatic carbocycles. The van der Waals surface area contributed by atoms with Crippen molar-refractivity contribution in [3.05, 3.63) is 0 Å². The van der Waals surface area contributed by atoms with Crippen LogP contribution in [0.4, 0.5) is 0 Å². The van der Waals surface area contributed by atoms with E-state index in [4.69, 9.17) is 0 Å². The van der Waals surface area contributed by atoms with Crippen molar-refractivity contribution in [2.24, 2.45) is 59.2 Å². The van der Waals surface area contributed by atoms with E-state index in [9.17, 15) is 19.2 Å². The lowest BCUT2D eigenvalue weighted by molar-refractivity contribution is -0.145. The molecule has 6 nitrogen and oxygen atoms in total. The summed E-state index contributed by atoms with van der Waals surface area (Å²) < 4.78 is 0. The van der Waals surface area contributed by atoms with Crippen LogP contribution in [-0.2, 0) is 19.2 Å². The van der Waals surface area contributed by atoms with Crippen LogP contribution in [0.15, 0.2) is 0 Å². The minimum atomic E-state index is -0.0557. The number of amides is 4. The van der Waals surface area contributed by atoms with Crippen LogP contribution in [0, 0.1) is 59.2 Å². The van der Waals surface area contributed by atoms with Gasteiger partial charge < -0.3 is 0 Å². The largest absolute Gasteiger partial charge is 0.282 e. The third-order valence-corrected chi connectivity index (χ3v) is 10.9. The molecule has 0 N–H and O–H groups in total. The smallest absolute Gasteiger partial charge is 0.233 e. The number of carbonyl (C=O) groups excluding carboxylic acids is 4. The van der Waals surface area contributed by atoms with Crippen molar-refractivity contribution in [2.75, 3.05) is 13.1 Å². The molecular weight excluding hydrogens is 404 g/mol. The number of likely N-dealkylation sites (tertiary alicyclic amines) is 2. The van der Waals surface area contributed by atoms with Crippen LogP contribution in [0.2, 0.25) is 0 Å². The third-order valence-electron chi connectivity index (χ3n) is 10.9. The Morgan fingerprint density at radius 1 is 0.500 bits per heavy atom. The number of rotatable bonds is 4. The summed E-state index contributed by atoms with van der Waals surface area (Å²) in [5.41, 5.74) is 0. The highest BCUT2D eigenvalue weighted by Gasteiger charge is 2.62. The normalized spacial score (nSPS) is 49.0. The summed E-state index contributed by atoms with van der Waals surface area (Å²) in [7, 11) is 0. The molecule has 2 aliphatic heterocycles. The summed E-state index contributed by atoms with van der Waals surface area (Å²) in [4.78, 5) is 56.1. The molecular formula is C26H34N2O4. The van der Waals surface area contributed by atoms with Crippen molar-refractivity contribution >= 4 is 23.6 Å². The van der Waals surface area contributed by atoms with Crippen LogP contribution >= 0.6 is 0 Å². The minimum Gasteiger partial charge on any atom is -0.282 e. The van der Waals surface area contributed by atoms with Gasteiger partial charge >= 0.3 is 0 Å². The molecule has 32 heavy (non-hydrogen) atoms. The highest BCUT2D eigenvalue weighted by molar-refractivity contribution is 6.06. The van der Waals surface area contributed by atoms with Crippen LogP contribution in [-0.4, -0.2) is 46.5 Å². The Bertz CT molecular complexity index is 772. The molecule has 2 saturated heterocycles. The molecule has 4 bridgehead atoms. The van der Waals surface area contributed by atoms with Gasteiger partial charge in [-0.15, -0.1) is 0 Å². The van der Waals surface area contributed by atoms with E-state index in [2.05, 4.69) is 0 Å².